The van der Waals surface area contributed by atoms with E-state index in [1.54, 1.807) is 32.0 Å². The second-order valence-corrected chi connectivity index (χ2v) is 9.41. The van der Waals surface area contributed by atoms with Crippen LogP contribution in [0.3, 0.4) is 0 Å². The van der Waals surface area contributed by atoms with Crippen LogP contribution in [-0.2, 0) is 14.3 Å². The summed E-state index contributed by atoms with van der Waals surface area (Å²) >= 11 is 0.880. The third-order valence-electron chi connectivity index (χ3n) is 5.89. The number of aliphatic hydroxyl groups is 1. The Hall–Kier alpha value is -4.31. The van der Waals surface area contributed by atoms with Crippen molar-refractivity contribution in [3.63, 3.8) is 0 Å². The zero-order valence-corrected chi connectivity index (χ0v) is 21.8. The summed E-state index contributed by atoms with van der Waals surface area (Å²) in [5, 5.41) is 11.4. The quantitative estimate of drug-likeness (QED) is 0.138. The normalized spacial score (nSPS) is 16.5. The van der Waals surface area contributed by atoms with Gasteiger partial charge < -0.3 is 14.6 Å². The van der Waals surface area contributed by atoms with Crippen LogP contribution in [0.1, 0.15) is 45.0 Å². The molecule has 1 aliphatic rings. The fourth-order valence-electron chi connectivity index (χ4n) is 4.13. The number of carbonyl (C=O) groups excluding carboxylic acids is 3. The van der Waals surface area contributed by atoms with Gasteiger partial charge in [0.25, 0.3) is 5.78 Å². The first-order valence-electron chi connectivity index (χ1n) is 11.7. The van der Waals surface area contributed by atoms with Gasteiger partial charge in [0.1, 0.15) is 28.8 Å². The predicted octanol–water partition coefficient (Wildman–Crippen LogP) is 5.27. The van der Waals surface area contributed by atoms with E-state index in [-0.39, 0.29) is 22.2 Å². The van der Waals surface area contributed by atoms with Gasteiger partial charge in [0.05, 0.1) is 23.9 Å². The summed E-state index contributed by atoms with van der Waals surface area (Å²) in [5.74, 6) is -2.81. The third-order valence-corrected chi connectivity index (χ3v) is 7.02. The molecule has 1 saturated heterocycles. The Morgan fingerprint density at radius 2 is 1.92 bits per heavy atom. The van der Waals surface area contributed by atoms with Gasteiger partial charge in [0.15, 0.2) is 5.13 Å². The van der Waals surface area contributed by atoms with Gasteiger partial charge >= 0.3 is 11.9 Å². The first-order chi connectivity index (χ1) is 18.2. The van der Waals surface area contributed by atoms with Crippen LogP contribution in [0.15, 0.2) is 60.7 Å². The van der Waals surface area contributed by atoms with Gasteiger partial charge in [-0.1, -0.05) is 36.1 Å². The standard InChI is InChI=1S/C28H25FN2O6S/c1-5-13-37-27(35)25-16(4)30-28(38-25)31-22(17-7-10-19(29)11-8-17)21(24(33)26(31)34)23(32)18-9-12-20(36-6-2)15(3)14-18/h5,7-12,14,22,32H,1,6,13H2,2-4H3/b23-21+. The number of aryl methyl sites for hydroxylation is 2. The van der Waals surface area contributed by atoms with Crippen molar-refractivity contribution in [3.8, 4) is 5.75 Å². The molecule has 0 radical (unpaired) electrons. The Kier molecular flexibility index (Phi) is 7.72. The van der Waals surface area contributed by atoms with Crippen molar-refractivity contribution in [2.45, 2.75) is 26.8 Å². The molecule has 2 heterocycles. The maximum Gasteiger partial charge on any atom is 0.350 e. The Morgan fingerprint density at radius 1 is 1.21 bits per heavy atom. The molecule has 0 saturated carbocycles. The molecule has 1 fully saturated rings. The number of nitrogens with zero attached hydrogens (tertiary/aromatic N) is 2. The van der Waals surface area contributed by atoms with Crippen LogP contribution in [-0.4, -0.2) is 41.0 Å². The highest BCUT2D eigenvalue weighted by atomic mass is 32.1. The van der Waals surface area contributed by atoms with Gasteiger partial charge in [-0.3, -0.25) is 14.5 Å². The van der Waals surface area contributed by atoms with Crippen molar-refractivity contribution in [2.75, 3.05) is 18.1 Å². The number of aliphatic hydroxyl groups excluding tert-OH is 1. The van der Waals surface area contributed by atoms with Crippen molar-refractivity contribution < 1.29 is 33.4 Å². The number of esters is 1. The number of amides is 1. The monoisotopic (exact) mass is 536 g/mol. The highest BCUT2D eigenvalue weighted by Gasteiger charge is 2.48. The maximum absolute atomic E-state index is 13.8. The summed E-state index contributed by atoms with van der Waals surface area (Å²) in [6.07, 6.45) is 1.42. The molecular weight excluding hydrogens is 511 g/mol. The number of anilines is 1. The molecule has 4 rings (SSSR count). The van der Waals surface area contributed by atoms with Gasteiger partial charge in [0, 0.05) is 5.56 Å². The highest BCUT2D eigenvalue weighted by Crippen LogP contribution is 2.44. The van der Waals surface area contributed by atoms with Gasteiger partial charge in [-0.25, -0.2) is 14.2 Å². The summed E-state index contributed by atoms with van der Waals surface area (Å²) in [7, 11) is 0. The maximum atomic E-state index is 13.8. The molecule has 1 unspecified atom stereocenters. The molecule has 2 aromatic carbocycles. The van der Waals surface area contributed by atoms with Gasteiger partial charge in [-0.15, -0.1) is 0 Å². The largest absolute Gasteiger partial charge is 0.507 e. The number of benzene rings is 2. The average Bonchev–Trinajstić information content (AvgIpc) is 3.40. The van der Waals surface area contributed by atoms with Crippen LogP contribution in [0, 0.1) is 19.7 Å². The van der Waals surface area contributed by atoms with Crippen molar-refractivity contribution in [2.24, 2.45) is 0 Å². The number of hydrogen-bond donors (Lipinski definition) is 1. The van der Waals surface area contributed by atoms with Gasteiger partial charge in [0.2, 0.25) is 0 Å². The summed E-state index contributed by atoms with van der Waals surface area (Å²) in [6, 6.07) is 9.03. The fourth-order valence-corrected chi connectivity index (χ4v) is 5.12. The molecule has 0 spiro atoms. The third kappa shape index (κ3) is 4.95. The SMILES string of the molecule is C=CCOC(=O)c1sc(N2C(=O)C(=O)/C(=C(/O)c3ccc(OCC)c(C)c3)C2c2ccc(F)cc2)nc1C. The summed E-state index contributed by atoms with van der Waals surface area (Å²) in [6.45, 7) is 9.19. The predicted molar refractivity (Wildman–Crippen MR) is 141 cm³/mol. The van der Waals surface area contributed by atoms with Crippen LogP contribution < -0.4 is 9.64 Å². The lowest BCUT2D eigenvalue weighted by atomic mass is 9.95. The summed E-state index contributed by atoms with van der Waals surface area (Å²) in [5.41, 5.74) is 1.52. The second-order valence-electron chi connectivity index (χ2n) is 8.43. The topological polar surface area (TPSA) is 106 Å². The van der Waals surface area contributed by atoms with E-state index < -0.39 is 35.3 Å². The van der Waals surface area contributed by atoms with Gasteiger partial charge in [-0.2, -0.15) is 0 Å². The van der Waals surface area contributed by atoms with E-state index in [9.17, 15) is 23.9 Å². The van der Waals surface area contributed by atoms with E-state index in [1.165, 1.54) is 30.3 Å². The smallest absolute Gasteiger partial charge is 0.350 e. The molecule has 8 nitrogen and oxygen atoms in total. The minimum Gasteiger partial charge on any atom is -0.507 e. The lowest BCUT2D eigenvalue weighted by Crippen LogP contribution is -2.29. The first-order valence-corrected chi connectivity index (χ1v) is 12.5. The Balaban J connectivity index is 1.87. The van der Waals surface area contributed by atoms with E-state index in [0.29, 0.717) is 29.2 Å². The molecule has 38 heavy (non-hydrogen) atoms. The van der Waals surface area contributed by atoms with E-state index in [4.69, 9.17) is 9.47 Å². The highest BCUT2D eigenvalue weighted by molar-refractivity contribution is 7.17. The zero-order valence-electron chi connectivity index (χ0n) is 21.0. The Labute approximate surface area is 222 Å². The summed E-state index contributed by atoms with van der Waals surface area (Å²) < 4.78 is 24.4. The van der Waals surface area contributed by atoms with Gasteiger partial charge in [-0.05, 0) is 62.2 Å². The molecule has 1 atom stereocenters. The van der Waals surface area contributed by atoms with Crippen LogP contribution >= 0.6 is 11.3 Å². The molecule has 1 aliphatic heterocycles. The van der Waals surface area contributed by atoms with Crippen LogP contribution in [0.25, 0.3) is 5.76 Å². The average molecular weight is 537 g/mol. The van der Waals surface area contributed by atoms with Crippen molar-refractivity contribution in [3.05, 3.63) is 93.8 Å². The molecule has 1 N–H and O–H groups in total. The number of ether oxygens (including phenoxy) is 2. The Bertz CT molecular complexity index is 1460. The molecule has 0 aliphatic carbocycles. The molecule has 10 heteroatoms. The number of Topliss-reactive ketones (excluding diaryl/α,β-unsaturated/α-hetero) is 1. The molecule has 196 valence electrons. The van der Waals surface area contributed by atoms with Crippen molar-refractivity contribution >= 4 is 39.9 Å². The first kappa shape index (κ1) is 26.7. The van der Waals surface area contributed by atoms with E-state index in [1.807, 2.05) is 6.92 Å². The number of hydrogen-bond acceptors (Lipinski definition) is 8. The minimum absolute atomic E-state index is 0.00684. The summed E-state index contributed by atoms with van der Waals surface area (Å²) in [4.78, 5) is 44.8. The lowest BCUT2D eigenvalue weighted by molar-refractivity contribution is -0.132. The van der Waals surface area contributed by atoms with Crippen molar-refractivity contribution in [1.29, 1.82) is 0 Å². The number of aromatic nitrogens is 1. The van der Waals surface area contributed by atoms with E-state index in [2.05, 4.69) is 11.6 Å². The van der Waals surface area contributed by atoms with E-state index in [0.717, 1.165) is 21.8 Å². The molecule has 1 amide bonds. The lowest BCUT2D eigenvalue weighted by Gasteiger charge is -2.23. The minimum atomic E-state index is -1.12. The van der Waals surface area contributed by atoms with Crippen molar-refractivity contribution in [1.82, 2.24) is 4.98 Å². The second kappa shape index (κ2) is 11.0. The number of halogens is 1. The van der Waals surface area contributed by atoms with Crippen LogP contribution in [0.2, 0.25) is 0 Å². The number of carbonyl (C=O) groups is 3. The molecule has 0 bridgehead atoms. The molecule has 3 aromatic rings. The zero-order chi connectivity index (χ0) is 27.6. The number of thiazole rings is 1. The molecule has 1 aromatic heterocycles. The van der Waals surface area contributed by atoms with Crippen LogP contribution in [0.5, 0.6) is 5.75 Å². The Morgan fingerprint density at radius 3 is 2.55 bits per heavy atom. The number of ketones is 1. The molecular formula is C28H25FN2O6S. The van der Waals surface area contributed by atoms with Crippen LogP contribution in [0.4, 0.5) is 9.52 Å². The fraction of sp³-hybridized carbons (Fsp3) is 0.214. The van der Waals surface area contributed by atoms with E-state index >= 15 is 0 Å². The number of rotatable bonds is 8.